The van der Waals surface area contributed by atoms with Crippen molar-refractivity contribution in [2.75, 3.05) is 5.43 Å². The van der Waals surface area contributed by atoms with Crippen molar-refractivity contribution in [2.24, 2.45) is 5.84 Å². The Kier molecular flexibility index (Phi) is 3.35. The van der Waals surface area contributed by atoms with Crippen molar-refractivity contribution in [1.29, 1.82) is 0 Å². The number of hydrogen-bond acceptors (Lipinski definition) is 4. The van der Waals surface area contributed by atoms with Gasteiger partial charge in [0.1, 0.15) is 0 Å². The number of hydrogen-bond donors (Lipinski definition) is 2. The minimum Gasteiger partial charge on any atom is -0.322 e. The van der Waals surface area contributed by atoms with Gasteiger partial charge in [0.05, 0.1) is 35.5 Å². The molecule has 0 unspecified atom stereocenters. The Balaban J connectivity index is 2.12. The van der Waals surface area contributed by atoms with E-state index in [9.17, 15) is 0 Å². The maximum atomic E-state index is 5.50. The second-order valence-corrected chi connectivity index (χ2v) is 4.74. The molecule has 2 aromatic heterocycles. The molecule has 102 valence electrons. The van der Waals surface area contributed by atoms with Crippen LogP contribution in [0.2, 0.25) is 0 Å². The van der Waals surface area contributed by atoms with Crippen LogP contribution < -0.4 is 11.3 Å². The van der Waals surface area contributed by atoms with Crippen molar-refractivity contribution in [3.05, 3.63) is 48.4 Å². The number of nitrogen functional groups attached to an aromatic ring is 1. The normalized spacial score (nSPS) is 10.9. The van der Waals surface area contributed by atoms with Gasteiger partial charge in [-0.05, 0) is 24.1 Å². The van der Waals surface area contributed by atoms with Crippen LogP contribution in [0.4, 0.5) is 5.69 Å². The van der Waals surface area contributed by atoms with E-state index in [4.69, 9.17) is 5.84 Å². The zero-order valence-electron chi connectivity index (χ0n) is 11.4. The summed E-state index contributed by atoms with van der Waals surface area (Å²) in [5, 5.41) is 5.42. The Hall–Kier alpha value is -2.40. The average molecular weight is 267 g/mol. The molecule has 2 heterocycles. The third-order valence-electron chi connectivity index (χ3n) is 3.35. The summed E-state index contributed by atoms with van der Waals surface area (Å²) in [5.74, 6) is 5.50. The van der Waals surface area contributed by atoms with Crippen molar-refractivity contribution in [3.63, 3.8) is 0 Å². The van der Waals surface area contributed by atoms with Crippen LogP contribution in [0.3, 0.4) is 0 Å². The lowest BCUT2D eigenvalue weighted by atomic mass is 10.1. The Labute approximate surface area is 117 Å². The van der Waals surface area contributed by atoms with E-state index in [0.29, 0.717) is 0 Å². The van der Waals surface area contributed by atoms with Gasteiger partial charge in [-0.25, -0.2) is 4.68 Å². The molecule has 3 N–H and O–H groups in total. The lowest BCUT2D eigenvalue weighted by Gasteiger charge is -2.06. The molecule has 0 saturated carbocycles. The highest BCUT2D eigenvalue weighted by atomic mass is 15.3. The van der Waals surface area contributed by atoms with Crippen molar-refractivity contribution < 1.29 is 0 Å². The Bertz CT molecular complexity index is 732. The minimum absolute atomic E-state index is 0.776. The van der Waals surface area contributed by atoms with Crippen molar-refractivity contribution in [2.45, 2.75) is 19.8 Å². The third-order valence-corrected chi connectivity index (χ3v) is 3.35. The largest absolute Gasteiger partial charge is 0.322 e. The molecule has 0 fully saturated rings. The van der Waals surface area contributed by atoms with Crippen LogP contribution in [0.25, 0.3) is 16.6 Å². The molecule has 20 heavy (non-hydrogen) atoms. The van der Waals surface area contributed by atoms with E-state index in [0.717, 1.165) is 35.1 Å². The summed E-state index contributed by atoms with van der Waals surface area (Å²) >= 11 is 0. The summed E-state index contributed by atoms with van der Waals surface area (Å²) in [5.41, 5.74) is 6.72. The summed E-state index contributed by atoms with van der Waals surface area (Å²) in [6.07, 6.45) is 7.50. The van der Waals surface area contributed by atoms with E-state index in [2.05, 4.69) is 40.6 Å². The molecule has 0 amide bonds. The van der Waals surface area contributed by atoms with Crippen molar-refractivity contribution in [3.8, 4) is 5.69 Å². The molecule has 5 nitrogen and oxygen atoms in total. The highest BCUT2D eigenvalue weighted by molar-refractivity contribution is 5.91. The molecule has 0 spiro atoms. The second-order valence-electron chi connectivity index (χ2n) is 4.74. The van der Waals surface area contributed by atoms with Gasteiger partial charge in [0, 0.05) is 5.39 Å². The van der Waals surface area contributed by atoms with Gasteiger partial charge in [0.2, 0.25) is 0 Å². The fourth-order valence-electron chi connectivity index (χ4n) is 2.39. The first-order chi connectivity index (χ1) is 9.83. The quantitative estimate of drug-likeness (QED) is 0.563. The Morgan fingerprint density at radius 1 is 1.25 bits per heavy atom. The van der Waals surface area contributed by atoms with Crippen LogP contribution in [0, 0.1) is 0 Å². The number of hydrazine groups is 1. The smallest absolute Gasteiger partial charge is 0.0945 e. The van der Waals surface area contributed by atoms with E-state index in [1.54, 1.807) is 18.6 Å². The van der Waals surface area contributed by atoms with E-state index >= 15 is 0 Å². The molecular weight excluding hydrogens is 250 g/mol. The zero-order valence-corrected chi connectivity index (χ0v) is 11.4. The highest BCUT2D eigenvalue weighted by Gasteiger charge is 2.08. The van der Waals surface area contributed by atoms with E-state index in [1.807, 2.05) is 10.7 Å². The summed E-state index contributed by atoms with van der Waals surface area (Å²) in [6.45, 7) is 2.18. The van der Waals surface area contributed by atoms with Crippen LogP contribution in [-0.4, -0.2) is 14.8 Å². The van der Waals surface area contributed by atoms with Crippen LogP contribution >= 0.6 is 0 Å². The number of aromatic nitrogens is 3. The van der Waals surface area contributed by atoms with Gasteiger partial charge in [-0.1, -0.05) is 25.5 Å². The fourth-order valence-corrected chi connectivity index (χ4v) is 2.39. The number of fused-ring (bicyclic) bond motifs is 1. The molecule has 3 aromatic rings. The van der Waals surface area contributed by atoms with Gasteiger partial charge in [0.25, 0.3) is 0 Å². The number of anilines is 1. The SMILES string of the molecule is CCCc1cccc(-n2ncc3c(NN)cncc32)c1. The molecule has 0 aliphatic carbocycles. The molecule has 0 aliphatic rings. The first-order valence-corrected chi connectivity index (χ1v) is 6.71. The number of benzene rings is 1. The number of rotatable bonds is 4. The lowest BCUT2D eigenvalue weighted by Crippen LogP contribution is -2.07. The lowest BCUT2D eigenvalue weighted by molar-refractivity contribution is 0.889. The van der Waals surface area contributed by atoms with E-state index < -0.39 is 0 Å². The number of pyridine rings is 1. The molecular formula is C15H17N5. The second kappa shape index (κ2) is 5.30. The van der Waals surface area contributed by atoms with Gasteiger partial charge in [0.15, 0.2) is 0 Å². The molecule has 1 aromatic carbocycles. The highest BCUT2D eigenvalue weighted by Crippen LogP contribution is 2.23. The topological polar surface area (TPSA) is 68.8 Å². The predicted octanol–water partition coefficient (Wildman–Crippen LogP) is 2.66. The molecule has 0 saturated heterocycles. The van der Waals surface area contributed by atoms with E-state index in [-0.39, 0.29) is 0 Å². The molecule has 5 heteroatoms. The minimum atomic E-state index is 0.776. The predicted molar refractivity (Wildman–Crippen MR) is 80.7 cm³/mol. The summed E-state index contributed by atoms with van der Waals surface area (Å²) in [7, 11) is 0. The summed E-state index contributed by atoms with van der Waals surface area (Å²) < 4.78 is 1.89. The third kappa shape index (κ3) is 2.12. The van der Waals surface area contributed by atoms with Gasteiger partial charge >= 0.3 is 0 Å². The average Bonchev–Trinajstić information content (AvgIpc) is 2.92. The Morgan fingerprint density at radius 3 is 2.95 bits per heavy atom. The van der Waals surface area contributed by atoms with Crippen molar-refractivity contribution in [1.82, 2.24) is 14.8 Å². The summed E-state index contributed by atoms with van der Waals surface area (Å²) in [4.78, 5) is 4.20. The maximum absolute atomic E-state index is 5.50. The number of nitrogens with two attached hydrogens (primary N) is 1. The maximum Gasteiger partial charge on any atom is 0.0945 e. The Morgan fingerprint density at radius 2 is 2.15 bits per heavy atom. The van der Waals surface area contributed by atoms with Crippen LogP contribution in [0.5, 0.6) is 0 Å². The van der Waals surface area contributed by atoms with Gasteiger partial charge in [-0.15, -0.1) is 0 Å². The molecule has 0 atom stereocenters. The molecule has 0 radical (unpaired) electrons. The van der Waals surface area contributed by atoms with Gasteiger partial charge < -0.3 is 5.43 Å². The van der Waals surface area contributed by atoms with Crippen LogP contribution in [0.15, 0.2) is 42.9 Å². The van der Waals surface area contributed by atoms with Crippen LogP contribution in [-0.2, 0) is 6.42 Å². The number of nitrogens with zero attached hydrogens (tertiary/aromatic N) is 3. The number of nitrogens with one attached hydrogen (secondary N) is 1. The van der Waals surface area contributed by atoms with E-state index in [1.165, 1.54) is 5.56 Å². The van der Waals surface area contributed by atoms with Gasteiger partial charge in [-0.3, -0.25) is 10.8 Å². The molecule has 0 bridgehead atoms. The van der Waals surface area contributed by atoms with Crippen LogP contribution in [0.1, 0.15) is 18.9 Å². The zero-order chi connectivity index (χ0) is 13.9. The summed E-state index contributed by atoms with van der Waals surface area (Å²) in [6, 6.07) is 8.42. The monoisotopic (exact) mass is 267 g/mol. The fraction of sp³-hybridized carbons (Fsp3) is 0.200. The number of aryl methyl sites for hydroxylation is 1. The first-order valence-electron chi connectivity index (χ1n) is 6.71. The molecule has 3 rings (SSSR count). The van der Waals surface area contributed by atoms with Crippen molar-refractivity contribution >= 4 is 16.6 Å². The van der Waals surface area contributed by atoms with Gasteiger partial charge in [-0.2, -0.15) is 5.10 Å². The first kappa shape index (κ1) is 12.6. The standard InChI is InChI=1S/C15H17N5/c1-2-4-11-5-3-6-12(7-11)20-15-10-17-9-14(19-16)13(15)8-18-20/h3,5-10,19H,2,4,16H2,1H3. The molecule has 0 aliphatic heterocycles.